The molecule has 0 aromatic carbocycles. The summed E-state index contributed by atoms with van der Waals surface area (Å²) in [6.45, 7) is 6.57. The van der Waals surface area contributed by atoms with Gasteiger partial charge in [-0.3, -0.25) is 0 Å². The van der Waals surface area contributed by atoms with Crippen LogP contribution in [0, 0.1) is 5.92 Å². The lowest BCUT2D eigenvalue weighted by Crippen LogP contribution is -1.93. The van der Waals surface area contributed by atoms with Crippen LogP contribution in [0.25, 0.3) is 0 Å². The lowest BCUT2D eigenvalue weighted by atomic mass is 10.1. The minimum atomic E-state index is 0.815. The van der Waals surface area contributed by atoms with Gasteiger partial charge in [-0.2, -0.15) is 0 Å². The van der Waals surface area contributed by atoms with Crippen molar-refractivity contribution in [3.8, 4) is 0 Å². The van der Waals surface area contributed by atoms with Crippen molar-refractivity contribution in [1.29, 1.82) is 0 Å². The first-order chi connectivity index (χ1) is 4.66. The molecule has 0 unspecified atom stereocenters. The van der Waals surface area contributed by atoms with Crippen LogP contribution in [0.3, 0.4) is 0 Å². The second kappa shape index (κ2) is 5.96. The van der Waals surface area contributed by atoms with E-state index < -0.39 is 0 Å². The Morgan fingerprint density at radius 3 is 2.50 bits per heavy atom. The van der Waals surface area contributed by atoms with Crippen LogP contribution in [0.4, 0.5) is 0 Å². The van der Waals surface area contributed by atoms with E-state index in [0.29, 0.717) is 0 Å². The molecule has 0 fully saturated rings. The molecule has 1 heteroatoms. The van der Waals surface area contributed by atoms with E-state index in [2.05, 4.69) is 42.8 Å². The molecule has 0 bridgehead atoms. The molecule has 1 atom stereocenters. The lowest BCUT2D eigenvalue weighted by Gasteiger charge is -2.03. The molecule has 0 spiro atoms. The molecule has 0 heterocycles. The van der Waals surface area contributed by atoms with Gasteiger partial charge in [-0.1, -0.05) is 34.5 Å². The van der Waals surface area contributed by atoms with Gasteiger partial charge in [0.2, 0.25) is 0 Å². The normalized spacial score (nSPS) is 12.8. The number of hydrogen-bond donors (Lipinski definition) is 0. The Hall–Kier alpha value is 0.220. The van der Waals surface area contributed by atoms with Gasteiger partial charge in [-0.15, -0.1) is 0 Å². The zero-order valence-corrected chi connectivity index (χ0v) is 8.74. The summed E-state index contributed by atoms with van der Waals surface area (Å²) < 4.78 is 0. The Balaban J connectivity index is 3.28. The number of rotatable bonds is 4. The molecule has 0 saturated carbocycles. The zero-order valence-electron chi connectivity index (χ0n) is 7.15. The van der Waals surface area contributed by atoms with Crippen molar-refractivity contribution >= 4 is 15.9 Å². The molecule has 0 aromatic rings. The van der Waals surface area contributed by atoms with Crippen LogP contribution in [-0.4, -0.2) is 5.33 Å². The summed E-state index contributed by atoms with van der Waals surface area (Å²) in [4.78, 5) is 0. The summed E-state index contributed by atoms with van der Waals surface area (Å²) in [5.74, 6) is 0.815. The van der Waals surface area contributed by atoms with E-state index in [4.69, 9.17) is 0 Å². The fourth-order valence-electron chi connectivity index (χ4n) is 0.734. The molecule has 0 saturated heterocycles. The highest BCUT2D eigenvalue weighted by atomic mass is 79.9. The van der Waals surface area contributed by atoms with E-state index in [1.54, 1.807) is 0 Å². The number of allylic oxidation sites excluding steroid dienone is 2. The third-order valence-electron chi connectivity index (χ3n) is 1.48. The fraction of sp³-hybridized carbons (Fsp3) is 0.778. The number of halogens is 1. The predicted molar refractivity (Wildman–Crippen MR) is 51.6 cm³/mol. The number of hydrogen-bond acceptors (Lipinski definition) is 0. The van der Waals surface area contributed by atoms with Gasteiger partial charge in [0.15, 0.2) is 0 Å². The SMILES string of the molecule is CC(C)=CCC[C@@H](C)CBr. The van der Waals surface area contributed by atoms with Crippen LogP contribution < -0.4 is 0 Å². The van der Waals surface area contributed by atoms with Gasteiger partial charge < -0.3 is 0 Å². The first-order valence-corrected chi connectivity index (χ1v) is 4.98. The van der Waals surface area contributed by atoms with Crippen LogP contribution in [0.15, 0.2) is 11.6 Å². The van der Waals surface area contributed by atoms with Crippen molar-refractivity contribution in [2.24, 2.45) is 5.92 Å². The molecule has 0 nitrogen and oxygen atoms in total. The Bertz CT molecular complexity index is 101. The van der Waals surface area contributed by atoms with E-state index in [-0.39, 0.29) is 0 Å². The van der Waals surface area contributed by atoms with Gasteiger partial charge in [-0.05, 0) is 32.6 Å². The Kier molecular flexibility index (Phi) is 6.10. The van der Waals surface area contributed by atoms with Gasteiger partial charge in [0.25, 0.3) is 0 Å². The highest BCUT2D eigenvalue weighted by molar-refractivity contribution is 9.09. The van der Waals surface area contributed by atoms with Crippen LogP contribution >= 0.6 is 15.9 Å². The van der Waals surface area contributed by atoms with Crippen molar-refractivity contribution in [3.63, 3.8) is 0 Å². The van der Waals surface area contributed by atoms with Crippen LogP contribution in [0.1, 0.15) is 33.6 Å². The van der Waals surface area contributed by atoms with E-state index >= 15 is 0 Å². The topological polar surface area (TPSA) is 0 Å². The lowest BCUT2D eigenvalue weighted by molar-refractivity contribution is 0.607. The van der Waals surface area contributed by atoms with Crippen molar-refractivity contribution in [3.05, 3.63) is 11.6 Å². The van der Waals surface area contributed by atoms with Crippen molar-refractivity contribution < 1.29 is 0 Å². The van der Waals surface area contributed by atoms with Crippen molar-refractivity contribution in [2.75, 3.05) is 5.33 Å². The quantitative estimate of drug-likeness (QED) is 0.484. The molecule has 0 radical (unpaired) electrons. The van der Waals surface area contributed by atoms with Gasteiger partial charge in [0.1, 0.15) is 0 Å². The van der Waals surface area contributed by atoms with Crippen LogP contribution in [0.5, 0.6) is 0 Å². The predicted octanol–water partition coefficient (Wildman–Crippen LogP) is 3.76. The molecule has 0 aliphatic heterocycles. The zero-order chi connectivity index (χ0) is 7.98. The Morgan fingerprint density at radius 2 is 2.10 bits per heavy atom. The van der Waals surface area contributed by atoms with Crippen LogP contribution in [-0.2, 0) is 0 Å². The van der Waals surface area contributed by atoms with Gasteiger partial charge in [0, 0.05) is 5.33 Å². The standard InChI is InChI=1S/C9H17Br/c1-8(2)5-4-6-9(3)7-10/h5,9H,4,6-7H2,1-3H3/t9-/m1/s1. The maximum Gasteiger partial charge on any atom is 0.00571 e. The minimum Gasteiger partial charge on any atom is -0.0925 e. The monoisotopic (exact) mass is 204 g/mol. The molecule has 0 rings (SSSR count). The smallest absolute Gasteiger partial charge is 0.00571 e. The second-order valence-electron chi connectivity index (χ2n) is 3.12. The summed E-state index contributed by atoms with van der Waals surface area (Å²) in [5.41, 5.74) is 1.43. The average molecular weight is 205 g/mol. The van der Waals surface area contributed by atoms with Gasteiger partial charge in [0.05, 0.1) is 0 Å². The summed E-state index contributed by atoms with van der Waals surface area (Å²) >= 11 is 3.46. The largest absolute Gasteiger partial charge is 0.0925 e. The average Bonchev–Trinajstić information content (AvgIpc) is 1.87. The summed E-state index contributed by atoms with van der Waals surface area (Å²) in [6.07, 6.45) is 4.84. The molecule has 0 aromatic heterocycles. The molecule has 0 N–H and O–H groups in total. The molecular formula is C9H17Br. The van der Waals surface area contributed by atoms with Gasteiger partial charge in [-0.25, -0.2) is 0 Å². The third-order valence-corrected chi connectivity index (χ3v) is 2.58. The molecule has 0 aliphatic carbocycles. The van der Waals surface area contributed by atoms with E-state index in [1.807, 2.05) is 0 Å². The van der Waals surface area contributed by atoms with E-state index in [9.17, 15) is 0 Å². The Morgan fingerprint density at radius 1 is 1.50 bits per heavy atom. The van der Waals surface area contributed by atoms with E-state index in [0.717, 1.165) is 11.2 Å². The highest BCUT2D eigenvalue weighted by Gasteiger charge is 1.95. The van der Waals surface area contributed by atoms with Crippen molar-refractivity contribution in [1.82, 2.24) is 0 Å². The second-order valence-corrected chi connectivity index (χ2v) is 3.77. The maximum absolute atomic E-state index is 3.46. The molecule has 0 aliphatic rings. The number of alkyl halides is 1. The minimum absolute atomic E-state index is 0.815. The first-order valence-electron chi connectivity index (χ1n) is 3.86. The Labute approximate surface area is 72.8 Å². The highest BCUT2D eigenvalue weighted by Crippen LogP contribution is 2.09. The molecular weight excluding hydrogens is 188 g/mol. The molecule has 10 heavy (non-hydrogen) atoms. The summed E-state index contributed by atoms with van der Waals surface area (Å²) in [6, 6.07) is 0. The van der Waals surface area contributed by atoms with E-state index in [1.165, 1.54) is 18.4 Å². The molecule has 60 valence electrons. The maximum atomic E-state index is 3.46. The summed E-state index contributed by atoms with van der Waals surface area (Å²) in [5, 5.41) is 1.13. The first kappa shape index (κ1) is 10.2. The summed E-state index contributed by atoms with van der Waals surface area (Å²) in [7, 11) is 0. The van der Waals surface area contributed by atoms with Gasteiger partial charge >= 0.3 is 0 Å². The fourth-order valence-corrected chi connectivity index (χ4v) is 1.06. The van der Waals surface area contributed by atoms with Crippen LogP contribution in [0.2, 0.25) is 0 Å². The third kappa shape index (κ3) is 6.34. The van der Waals surface area contributed by atoms with Crippen molar-refractivity contribution in [2.45, 2.75) is 33.6 Å². The molecule has 0 amide bonds.